The first kappa shape index (κ1) is 25.9. The minimum atomic E-state index is -0.534. The Kier molecular flexibility index (Phi) is 10.3. The van der Waals surface area contributed by atoms with Crippen molar-refractivity contribution in [2.45, 2.75) is 48.1 Å². The summed E-state index contributed by atoms with van der Waals surface area (Å²) >= 11 is 0. The fraction of sp³-hybridized carbons (Fsp3) is 0.500. The summed E-state index contributed by atoms with van der Waals surface area (Å²) < 4.78 is 1.96. The van der Waals surface area contributed by atoms with Crippen LogP contribution in [0.2, 0.25) is 0 Å². The molecule has 3 N–H and O–H groups in total. The lowest BCUT2D eigenvalue weighted by Gasteiger charge is -2.25. The minimum Gasteiger partial charge on any atom is -0.357 e. The van der Waals surface area contributed by atoms with Gasteiger partial charge in [0.05, 0.1) is 23.3 Å². The Morgan fingerprint density at radius 1 is 1.10 bits per heavy atom. The number of amides is 1. The zero-order valence-corrected chi connectivity index (χ0v) is 21.2. The lowest BCUT2D eigenvalue weighted by atomic mass is 9.92. The van der Waals surface area contributed by atoms with Crippen molar-refractivity contribution < 1.29 is 4.79 Å². The number of hydrogen-bond donors (Lipinski definition) is 3. The van der Waals surface area contributed by atoms with E-state index in [1.165, 1.54) is 0 Å². The summed E-state index contributed by atoms with van der Waals surface area (Å²) in [5, 5.41) is 14.0. The molecule has 7 nitrogen and oxygen atoms in total. The highest BCUT2D eigenvalue weighted by Gasteiger charge is 2.27. The van der Waals surface area contributed by atoms with E-state index in [9.17, 15) is 4.79 Å². The molecule has 0 unspecified atom stereocenters. The Morgan fingerprint density at radius 3 is 2.37 bits per heavy atom. The molecule has 1 aromatic carbocycles. The predicted octanol–water partition coefficient (Wildman–Crippen LogP) is 3.32. The smallest absolute Gasteiger partial charge is 0.227 e. The van der Waals surface area contributed by atoms with Gasteiger partial charge in [-0.25, -0.2) is 9.67 Å². The highest BCUT2D eigenvalue weighted by Crippen LogP contribution is 2.18. The first-order chi connectivity index (χ1) is 13.8. The van der Waals surface area contributed by atoms with Crippen LogP contribution in [0, 0.1) is 19.3 Å². The molecule has 0 atom stereocenters. The summed E-state index contributed by atoms with van der Waals surface area (Å²) in [4.78, 5) is 17.0. The topological polar surface area (TPSA) is 83.3 Å². The number of nitrogens with one attached hydrogen (secondary N) is 3. The third kappa shape index (κ3) is 7.00. The van der Waals surface area contributed by atoms with Gasteiger partial charge in [0.1, 0.15) is 0 Å². The first-order valence-corrected chi connectivity index (χ1v) is 10.2. The summed E-state index contributed by atoms with van der Waals surface area (Å²) in [7, 11) is 0. The van der Waals surface area contributed by atoms with E-state index in [2.05, 4.69) is 46.2 Å². The van der Waals surface area contributed by atoms with Crippen molar-refractivity contribution in [3.63, 3.8) is 0 Å². The lowest BCUT2D eigenvalue weighted by Crippen LogP contribution is -2.47. The van der Waals surface area contributed by atoms with Crippen LogP contribution in [0.5, 0.6) is 0 Å². The molecule has 2 aromatic rings. The predicted molar refractivity (Wildman–Crippen MR) is 134 cm³/mol. The van der Waals surface area contributed by atoms with Gasteiger partial charge in [0.15, 0.2) is 5.96 Å². The lowest BCUT2D eigenvalue weighted by molar-refractivity contribution is -0.128. The SMILES string of the molecule is CCNC(=O)C(C)(C)CNC(=NCc1ccccc1-n1nc(C)cc1C)NCC.I. The molecule has 8 heteroatoms. The Hall–Kier alpha value is -2.10. The summed E-state index contributed by atoms with van der Waals surface area (Å²) in [6, 6.07) is 10.2. The number of rotatable bonds is 8. The average Bonchev–Trinajstić information content (AvgIpc) is 3.02. The Morgan fingerprint density at radius 2 is 1.77 bits per heavy atom. The highest BCUT2D eigenvalue weighted by molar-refractivity contribution is 14.0. The number of para-hydroxylation sites is 1. The van der Waals surface area contributed by atoms with Crippen molar-refractivity contribution >= 4 is 35.8 Å². The van der Waals surface area contributed by atoms with Gasteiger partial charge in [-0.3, -0.25) is 4.79 Å². The van der Waals surface area contributed by atoms with Crippen LogP contribution in [0.15, 0.2) is 35.3 Å². The van der Waals surface area contributed by atoms with Crippen molar-refractivity contribution in [2.24, 2.45) is 10.4 Å². The van der Waals surface area contributed by atoms with Crippen LogP contribution in [-0.2, 0) is 11.3 Å². The second-order valence-corrected chi connectivity index (χ2v) is 7.76. The van der Waals surface area contributed by atoms with Crippen molar-refractivity contribution in [3.8, 4) is 5.69 Å². The highest BCUT2D eigenvalue weighted by atomic mass is 127. The van der Waals surface area contributed by atoms with E-state index in [1.807, 2.05) is 51.4 Å². The average molecular weight is 526 g/mol. The number of aromatic nitrogens is 2. The van der Waals surface area contributed by atoms with Gasteiger partial charge in [0.2, 0.25) is 5.91 Å². The van der Waals surface area contributed by atoms with E-state index in [-0.39, 0.29) is 29.9 Å². The van der Waals surface area contributed by atoms with E-state index in [0.717, 1.165) is 29.2 Å². The van der Waals surface area contributed by atoms with Gasteiger partial charge in [0, 0.05) is 25.3 Å². The Labute approximate surface area is 197 Å². The quantitative estimate of drug-likeness (QED) is 0.280. The van der Waals surface area contributed by atoms with E-state index >= 15 is 0 Å². The van der Waals surface area contributed by atoms with Crippen LogP contribution in [0.25, 0.3) is 5.69 Å². The van der Waals surface area contributed by atoms with Crippen LogP contribution < -0.4 is 16.0 Å². The van der Waals surface area contributed by atoms with Gasteiger partial charge < -0.3 is 16.0 Å². The standard InChI is InChI=1S/C22H34N6O.HI/c1-7-23-20(29)22(5,6)15-26-21(24-8-2)25-14-18-11-9-10-12-19(18)28-17(4)13-16(3)27-28;/h9-13H,7-8,14-15H2,1-6H3,(H,23,29)(H2,24,25,26);1H. The summed E-state index contributed by atoms with van der Waals surface area (Å²) in [5.74, 6) is 0.714. The molecule has 1 amide bonds. The number of aliphatic imine (C=N–C) groups is 1. The van der Waals surface area contributed by atoms with Crippen LogP contribution in [0.1, 0.15) is 44.6 Å². The maximum absolute atomic E-state index is 12.2. The number of guanidine groups is 1. The molecule has 0 saturated carbocycles. The van der Waals surface area contributed by atoms with Crippen LogP contribution in [0.4, 0.5) is 0 Å². The van der Waals surface area contributed by atoms with Gasteiger partial charge in [-0.2, -0.15) is 5.10 Å². The van der Waals surface area contributed by atoms with E-state index in [1.54, 1.807) is 0 Å². The maximum atomic E-state index is 12.2. The molecule has 0 aliphatic carbocycles. The Bertz CT molecular complexity index is 859. The molecule has 166 valence electrons. The molecule has 1 heterocycles. The molecule has 0 saturated heterocycles. The second kappa shape index (κ2) is 11.9. The fourth-order valence-electron chi connectivity index (χ4n) is 3.01. The van der Waals surface area contributed by atoms with E-state index < -0.39 is 5.41 Å². The maximum Gasteiger partial charge on any atom is 0.227 e. The summed E-state index contributed by atoms with van der Waals surface area (Å²) in [6.07, 6.45) is 0. The molecule has 0 fully saturated rings. The van der Waals surface area contributed by atoms with Crippen LogP contribution >= 0.6 is 24.0 Å². The van der Waals surface area contributed by atoms with E-state index in [0.29, 0.717) is 25.6 Å². The fourth-order valence-corrected chi connectivity index (χ4v) is 3.01. The van der Waals surface area contributed by atoms with Gasteiger partial charge in [-0.1, -0.05) is 18.2 Å². The molecular weight excluding hydrogens is 491 g/mol. The number of carbonyl (C=O) groups is 1. The molecule has 0 spiro atoms. The zero-order chi connectivity index (χ0) is 21.4. The van der Waals surface area contributed by atoms with Crippen molar-refractivity contribution in [1.82, 2.24) is 25.7 Å². The summed E-state index contributed by atoms with van der Waals surface area (Å²) in [5.41, 5.74) is 3.66. The number of aryl methyl sites for hydroxylation is 2. The Balaban J connectivity index is 0.00000450. The first-order valence-electron chi connectivity index (χ1n) is 10.2. The second-order valence-electron chi connectivity index (χ2n) is 7.76. The van der Waals surface area contributed by atoms with Crippen molar-refractivity contribution in [2.75, 3.05) is 19.6 Å². The van der Waals surface area contributed by atoms with Gasteiger partial charge in [0.25, 0.3) is 0 Å². The van der Waals surface area contributed by atoms with Crippen molar-refractivity contribution in [1.29, 1.82) is 0 Å². The number of hydrogen-bond acceptors (Lipinski definition) is 3. The number of nitrogens with zero attached hydrogens (tertiary/aromatic N) is 3. The molecule has 0 bridgehead atoms. The van der Waals surface area contributed by atoms with Gasteiger partial charge in [-0.05, 0) is 59.2 Å². The number of halogens is 1. The molecule has 0 aliphatic rings. The molecule has 0 radical (unpaired) electrons. The van der Waals surface area contributed by atoms with Gasteiger partial charge in [-0.15, -0.1) is 24.0 Å². The molecule has 30 heavy (non-hydrogen) atoms. The van der Waals surface area contributed by atoms with Crippen LogP contribution in [0.3, 0.4) is 0 Å². The van der Waals surface area contributed by atoms with Crippen LogP contribution in [-0.4, -0.2) is 41.3 Å². The van der Waals surface area contributed by atoms with Gasteiger partial charge >= 0.3 is 0 Å². The zero-order valence-electron chi connectivity index (χ0n) is 18.9. The third-order valence-electron chi connectivity index (χ3n) is 4.63. The van der Waals surface area contributed by atoms with E-state index in [4.69, 9.17) is 4.99 Å². The molecular formula is C22H35IN6O. The monoisotopic (exact) mass is 526 g/mol. The number of carbonyl (C=O) groups excluding carboxylic acids is 1. The largest absolute Gasteiger partial charge is 0.357 e. The minimum absolute atomic E-state index is 0. The molecule has 0 aliphatic heterocycles. The third-order valence-corrected chi connectivity index (χ3v) is 4.63. The molecule has 2 rings (SSSR count). The normalized spacial score (nSPS) is 11.6. The molecule has 1 aromatic heterocycles. The van der Waals surface area contributed by atoms with Crippen molar-refractivity contribution in [3.05, 3.63) is 47.3 Å². The number of benzene rings is 1. The summed E-state index contributed by atoms with van der Waals surface area (Å²) in [6.45, 7) is 14.2.